The maximum absolute atomic E-state index is 12.0. The lowest BCUT2D eigenvalue weighted by Crippen LogP contribution is -2.29. The SMILES string of the molecule is CSc1sc(C=NNC(=O)OC(C)(C)C)cc1-c1nc(-c2cccc(OCC(=O)OC(C)(C)C)c2)cs1. The molecule has 0 unspecified atom stereocenters. The number of hydrazone groups is 1. The first-order valence-electron chi connectivity index (χ1n) is 11.4. The largest absolute Gasteiger partial charge is 0.482 e. The normalized spacial score (nSPS) is 12.0. The number of carbonyl (C=O) groups excluding carboxylic acids is 2. The van der Waals surface area contributed by atoms with Crippen LogP contribution in [0.25, 0.3) is 21.8 Å². The minimum atomic E-state index is -0.604. The van der Waals surface area contributed by atoms with Gasteiger partial charge in [0.25, 0.3) is 0 Å². The molecule has 0 saturated heterocycles. The second-order valence-corrected chi connectivity index (χ2v) is 12.9. The van der Waals surface area contributed by atoms with Crippen LogP contribution < -0.4 is 10.2 Å². The number of benzene rings is 1. The number of carbonyl (C=O) groups is 2. The van der Waals surface area contributed by atoms with E-state index in [1.54, 1.807) is 56.2 Å². The number of thioether (sulfide) groups is 1. The molecule has 0 bridgehead atoms. The highest BCUT2D eigenvalue weighted by Crippen LogP contribution is 2.40. The molecule has 2 heterocycles. The average Bonchev–Trinajstić information content (AvgIpc) is 3.42. The first-order chi connectivity index (χ1) is 17.3. The lowest BCUT2D eigenvalue weighted by atomic mass is 10.1. The molecule has 0 atom stereocenters. The minimum Gasteiger partial charge on any atom is -0.482 e. The van der Waals surface area contributed by atoms with E-state index in [2.05, 4.69) is 10.5 Å². The monoisotopic (exact) mass is 561 g/mol. The quantitative estimate of drug-likeness (QED) is 0.139. The van der Waals surface area contributed by atoms with E-state index in [-0.39, 0.29) is 6.61 Å². The van der Waals surface area contributed by atoms with Crippen LogP contribution in [0.5, 0.6) is 5.75 Å². The molecule has 2 aromatic heterocycles. The van der Waals surface area contributed by atoms with E-state index in [1.165, 1.54) is 11.3 Å². The van der Waals surface area contributed by atoms with E-state index < -0.39 is 23.3 Å². The van der Waals surface area contributed by atoms with E-state index >= 15 is 0 Å². The number of nitrogens with zero attached hydrogens (tertiary/aromatic N) is 2. The van der Waals surface area contributed by atoms with Gasteiger partial charge in [0.2, 0.25) is 0 Å². The molecule has 0 radical (unpaired) electrons. The van der Waals surface area contributed by atoms with E-state index in [1.807, 2.05) is 56.7 Å². The fourth-order valence-electron chi connectivity index (χ4n) is 2.99. The maximum Gasteiger partial charge on any atom is 0.428 e. The summed E-state index contributed by atoms with van der Waals surface area (Å²) < 4.78 is 17.2. The molecule has 37 heavy (non-hydrogen) atoms. The van der Waals surface area contributed by atoms with Crippen molar-refractivity contribution in [1.82, 2.24) is 10.4 Å². The van der Waals surface area contributed by atoms with Crippen molar-refractivity contribution in [2.24, 2.45) is 5.10 Å². The van der Waals surface area contributed by atoms with Gasteiger partial charge in [0.15, 0.2) is 6.61 Å². The summed E-state index contributed by atoms with van der Waals surface area (Å²) in [6, 6.07) is 9.46. The van der Waals surface area contributed by atoms with Crippen molar-refractivity contribution >= 4 is 52.7 Å². The molecule has 0 aliphatic rings. The van der Waals surface area contributed by atoms with Gasteiger partial charge in [-0.1, -0.05) is 12.1 Å². The van der Waals surface area contributed by atoms with Crippen LogP contribution in [0.4, 0.5) is 4.79 Å². The second kappa shape index (κ2) is 12.1. The molecule has 8 nitrogen and oxygen atoms in total. The molecule has 198 valence electrons. The van der Waals surface area contributed by atoms with E-state index in [0.29, 0.717) is 5.75 Å². The third kappa shape index (κ3) is 9.17. The topological polar surface area (TPSA) is 99.1 Å². The van der Waals surface area contributed by atoms with Crippen molar-refractivity contribution in [3.63, 3.8) is 0 Å². The van der Waals surface area contributed by atoms with Crippen molar-refractivity contribution in [2.75, 3.05) is 12.9 Å². The first-order valence-corrected chi connectivity index (χ1v) is 14.4. The average molecular weight is 562 g/mol. The number of esters is 1. The highest BCUT2D eigenvalue weighted by Gasteiger charge is 2.18. The molecular weight excluding hydrogens is 531 g/mol. The number of thiophene rings is 1. The Morgan fingerprint density at radius 2 is 1.84 bits per heavy atom. The Morgan fingerprint density at radius 3 is 2.51 bits per heavy atom. The zero-order valence-corrected chi connectivity index (χ0v) is 24.4. The van der Waals surface area contributed by atoms with Gasteiger partial charge in [-0.05, 0) is 66.0 Å². The molecule has 0 spiro atoms. The molecule has 1 aromatic carbocycles. The van der Waals surface area contributed by atoms with Crippen molar-refractivity contribution in [1.29, 1.82) is 0 Å². The number of ether oxygens (including phenoxy) is 3. The number of hydrogen-bond acceptors (Lipinski definition) is 10. The smallest absolute Gasteiger partial charge is 0.428 e. The second-order valence-electron chi connectivity index (χ2n) is 9.87. The first kappa shape index (κ1) is 28.7. The third-order valence-corrected chi connectivity index (χ3v) is 7.37. The van der Waals surface area contributed by atoms with Gasteiger partial charge in [0.1, 0.15) is 22.0 Å². The maximum atomic E-state index is 12.0. The van der Waals surface area contributed by atoms with Crippen LogP contribution in [0.3, 0.4) is 0 Å². The summed E-state index contributed by atoms with van der Waals surface area (Å²) in [6.07, 6.45) is 3.00. The molecule has 1 N–H and O–H groups in total. The Morgan fingerprint density at radius 1 is 1.11 bits per heavy atom. The number of aromatic nitrogens is 1. The Balaban J connectivity index is 1.70. The molecular formula is C26H31N3O5S3. The third-order valence-electron chi connectivity index (χ3n) is 4.29. The standard InChI is InChI=1S/C26H31N3O5S3/c1-25(2,3)33-21(30)14-32-17-10-8-9-16(11-17)20-15-36-22(28-20)19-12-18(37-23(19)35-7)13-27-29-24(31)34-26(4,5)6/h8-13,15H,14H2,1-7H3,(H,29,31). The van der Waals surface area contributed by atoms with Gasteiger partial charge in [-0.15, -0.1) is 34.4 Å². The summed E-state index contributed by atoms with van der Waals surface area (Å²) in [7, 11) is 0. The van der Waals surface area contributed by atoms with Crippen molar-refractivity contribution in [3.8, 4) is 27.6 Å². The van der Waals surface area contributed by atoms with Gasteiger partial charge in [0.05, 0.1) is 16.1 Å². The number of rotatable bonds is 8. The Labute approximate surface area is 229 Å². The Kier molecular flexibility index (Phi) is 9.38. The Bertz CT molecular complexity index is 1270. The van der Waals surface area contributed by atoms with Crippen molar-refractivity contribution in [3.05, 3.63) is 40.6 Å². The van der Waals surface area contributed by atoms with Gasteiger partial charge < -0.3 is 14.2 Å². The van der Waals surface area contributed by atoms with Crippen LogP contribution in [-0.2, 0) is 14.3 Å². The zero-order valence-electron chi connectivity index (χ0n) is 21.9. The van der Waals surface area contributed by atoms with Crippen LogP contribution in [0.15, 0.2) is 45.0 Å². The molecule has 3 aromatic rings. The van der Waals surface area contributed by atoms with Crippen LogP contribution in [0.2, 0.25) is 0 Å². The molecule has 0 saturated carbocycles. The summed E-state index contributed by atoms with van der Waals surface area (Å²) in [4.78, 5) is 29.5. The summed E-state index contributed by atoms with van der Waals surface area (Å²) in [5.41, 5.74) is 3.94. The number of nitrogens with one attached hydrogen (secondary N) is 1. The molecule has 11 heteroatoms. The van der Waals surface area contributed by atoms with Crippen LogP contribution in [0.1, 0.15) is 46.4 Å². The zero-order chi connectivity index (χ0) is 27.2. The van der Waals surface area contributed by atoms with E-state index in [9.17, 15) is 9.59 Å². The summed E-state index contributed by atoms with van der Waals surface area (Å²) in [5, 5.41) is 6.87. The Hall–Kier alpha value is -2.89. The predicted molar refractivity (Wildman–Crippen MR) is 151 cm³/mol. The molecule has 0 aliphatic heterocycles. The highest BCUT2D eigenvalue weighted by atomic mass is 32.2. The highest BCUT2D eigenvalue weighted by molar-refractivity contribution is 8.00. The summed E-state index contributed by atoms with van der Waals surface area (Å²) >= 11 is 4.73. The predicted octanol–water partition coefficient (Wildman–Crippen LogP) is 6.84. The van der Waals surface area contributed by atoms with Gasteiger partial charge >= 0.3 is 12.1 Å². The van der Waals surface area contributed by atoms with Gasteiger partial charge in [-0.3, -0.25) is 0 Å². The lowest BCUT2D eigenvalue weighted by molar-refractivity contribution is -0.157. The molecule has 0 aliphatic carbocycles. The van der Waals surface area contributed by atoms with Crippen molar-refractivity contribution < 1.29 is 23.8 Å². The van der Waals surface area contributed by atoms with Crippen molar-refractivity contribution in [2.45, 2.75) is 57.0 Å². The van der Waals surface area contributed by atoms with Crippen LogP contribution in [-0.4, -0.2) is 47.3 Å². The van der Waals surface area contributed by atoms with E-state index in [0.717, 1.165) is 30.9 Å². The summed E-state index contributed by atoms with van der Waals surface area (Å²) in [5.74, 6) is 0.144. The van der Waals surface area contributed by atoms with Crippen LogP contribution >= 0.6 is 34.4 Å². The van der Waals surface area contributed by atoms with Gasteiger partial charge in [0, 0.05) is 21.4 Å². The van der Waals surface area contributed by atoms with Gasteiger partial charge in [-0.25, -0.2) is 20.0 Å². The lowest BCUT2D eigenvalue weighted by Gasteiger charge is -2.19. The van der Waals surface area contributed by atoms with Gasteiger partial charge in [-0.2, -0.15) is 5.10 Å². The fraction of sp³-hybridized carbons (Fsp3) is 0.385. The molecule has 3 rings (SSSR count). The molecule has 1 amide bonds. The minimum absolute atomic E-state index is 0.165. The number of amides is 1. The molecule has 0 fully saturated rings. The fourth-order valence-corrected chi connectivity index (χ4v) is 5.73. The van der Waals surface area contributed by atoms with Crippen LogP contribution in [0, 0.1) is 0 Å². The summed E-state index contributed by atoms with van der Waals surface area (Å²) in [6.45, 7) is 10.7. The van der Waals surface area contributed by atoms with E-state index in [4.69, 9.17) is 19.2 Å². The number of hydrogen-bond donors (Lipinski definition) is 1. The number of thiazole rings is 1.